The molecule has 168 valence electrons. The monoisotopic (exact) mass is 422 g/mol. The van der Waals surface area contributed by atoms with E-state index in [0.29, 0.717) is 0 Å². The second kappa shape index (κ2) is 13.1. The molecule has 0 aromatic heterocycles. The van der Waals surface area contributed by atoms with Crippen LogP contribution in [0.15, 0.2) is 30.3 Å². The number of aliphatic hydroxyl groups excluding tert-OH is 1. The van der Waals surface area contributed by atoms with Gasteiger partial charge in [0.05, 0.1) is 18.8 Å². The van der Waals surface area contributed by atoms with E-state index in [9.17, 15) is 19.5 Å². The summed E-state index contributed by atoms with van der Waals surface area (Å²) in [6, 6.07) is 7.19. The number of ether oxygens (including phenoxy) is 1. The molecule has 1 aromatic rings. The molecule has 0 saturated carbocycles. The molecule has 4 atom stereocenters. The van der Waals surface area contributed by atoms with Gasteiger partial charge in [0.2, 0.25) is 5.91 Å². The lowest BCUT2D eigenvalue weighted by atomic mass is 9.98. The average Bonchev–Trinajstić information content (AvgIpc) is 2.71. The Bertz CT molecular complexity index is 681. The highest BCUT2D eigenvalue weighted by Gasteiger charge is 2.32. The Balaban J connectivity index is 2.78. The zero-order chi connectivity index (χ0) is 22.7. The molecule has 9 nitrogen and oxygen atoms in total. The summed E-state index contributed by atoms with van der Waals surface area (Å²) >= 11 is 0. The first-order valence-corrected chi connectivity index (χ1v) is 10.1. The fourth-order valence-corrected chi connectivity index (χ4v) is 2.79. The van der Waals surface area contributed by atoms with Gasteiger partial charge in [-0.2, -0.15) is 0 Å². The molecule has 0 fully saturated rings. The number of benzene rings is 1. The third-order valence-electron chi connectivity index (χ3n) is 4.55. The number of amides is 2. The van der Waals surface area contributed by atoms with Crippen molar-refractivity contribution in [2.24, 2.45) is 17.4 Å². The van der Waals surface area contributed by atoms with Crippen LogP contribution in [-0.2, 0) is 25.7 Å². The quantitative estimate of drug-likeness (QED) is 0.285. The topological polar surface area (TPSA) is 157 Å². The van der Waals surface area contributed by atoms with Crippen LogP contribution >= 0.6 is 0 Å². The molecule has 2 amide bonds. The van der Waals surface area contributed by atoms with E-state index in [1.807, 2.05) is 30.3 Å². The number of hydrogen-bond donors (Lipinski definition) is 5. The lowest BCUT2D eigenvalue weighted by Gasteiger charge is -2.26. The Morgan fingerprint density at radius 2 is 1.67 bits per heavy atom. The predicted molar refractivity (Wildman–Crippen MR) is 113 cm³/mol. The number of ketones is 1. The zero-order valence-corrected chi connectivity index (χ0v) is 17.8. The molecule has 7 N–H and O–H groups in total. The van der Waals surface area contributed by atoms with Crippen LogP contribution in [0.5, 0.6) is 0 Å². The van der Waals surface area contributed by atoms with Crippen LogP contribution in [0.4, 0.5) is 0 Å². The zero-order valence-electron chi connectivity index (χ0n) is 17.8. The van der Waals surface area contributed by atoms with Crippen LogP contribution in [-0.4, -0.2) is 60.1 Å². The molecule has 1 rings (SSSR count). The van der Waals surface area contributed by atoms with Crippen LogP contribution in [0.25, 0.3) is 0 Å². The third kappa shape index (κ3) is 8.19. The molecule has 0 bridgehead atoms. The van der Waals surface area contributed by atoms with Gasteiger partial charge in [0.15, 0.2) is 5.78 Å². The van der Waals surface area contributed by atoms with Gasteiger partial charge in [-0.25, -0.2) is 0 Å². The SMILES string of the molecule is CC(C)C(=O)[C@H](CCN)NC(=O)[C@@H](NC(=O)[C@H](CN)OCc1ccccc1)[C@H](C)O. The van der Waals surface area contributed by atoms with E-state index in [0.717, 1.165) is 5.56 Å². The van der Waals surface area contributed by atoms with Gasteiger partial charge in [-0.3, -0.25) is 14.4 Å². The van der Waals surface area contributed by atoms with E-state index in [4.69, 9.17) is 16.2 Å². The first-order valence-electron chi connectivity index (χ1n) is 10.1. The van der Waals surface area contributed by atoms with Crippen molar-refractivity contribution < 1.29 is 24.2 Å². The Hall–Kier alpha value is -2.33. The molecule has 0 spiro atoms. The van der Waals surface area contributed by atoms with E-state index < -0.39 is 36.1 Å². The second-order valence-corrected chi connectivity index (χ2v) is 7.44. The summed E-state index contributed by atoms with van der Waals surface area (Å²) < 4.78 is 5.57. The third-order valence-corrected chi connectivity index (χ3v) is 4.55. The van der Waals surface area contributed by atoms with E-state index in [2.05, 4.69) is 10.6 Å². The van der Waals surface area contributed by atoms with Crippen molar-refractivity contribution in [3.05, 3.63) is 35.9 Å². The van der Waals surface area contributed by atoms with Crippen molar-refractivity contribution >= 4 is 17.6 Å². The lowest BCUT2D eigenvalue weighted by Crippen LogP contribution is -2.58. The maximum Gasteiger partial charge on any atom is 0.251 e. The molecular weight excluding hydrogens is 388 g/mol. The number of carbonyl (C=O) groups is 3. The van der Waals surface area contributed by atoms with Crippen molar-refractivity contribution in [2.45, 2.75) is 58.1 Å². The summed E-state index contributed by atoms with van der Waals surface area (Å²) in [7, 11) is 0. The summed E-state index contributed by atoms with van der Waals surface area (Å²) in [5.41, 5.74) is 12.1. The number of aliphatic hydroxyl groups is 1. The van der Waals surface area contributed by atoms with Crippen LogP contribution in [0.3, 0.4) is 0 Å². The number of nitrogens with one attached hydrogen (secondary N) is 2. The van der Waals surface area contributed by atoms with Gasteiger partial charge in [0.25, 0.3) is 5.91 Å². The summed E-state index contributed by atoms with van der Waals surface area (Å²) in [5.74, 6) is -1.77. The second-order valence-electron chi connectivity index (χ2n) is 7.44. The fourth-order valence-electron chi connectivity index (χ4n) is 2.79. The molecule has 0 aliphatic rings. The lowest BCUT2D eigenvalue weighted by molar-refractivity contribution is -0.139. The molecule has 0 aliphatic carbocycles. The van der Waals surface area contributed by atoms with E-state index in [1.165, 1.54) is 6.92 Å². The number of carbonyl (C=O) groups excluding carboxylic acids is 3. The van der Waals surface area contributed by atoms with Crippen molar-refractivity contribution in [1.82, 2.24) is 10.6 Å². The van der Waals surface area contributed by atoms with E-state index in [1.54, 1.807) is 13.8 Å². The van der Waals surface area contributed by atoms with E-state index in [-0.39, 0.29) is 37.8 Å². The van der Waals surface area contributed by atoms with Gasteiger partial charge in [-0.15, -0.1) is 0 Å². The molecule has 0 saturated heterocycles. The Labute approximate surface area is 177 Å². The molecule has 30 heavy (non-hydrogen) atoms. The van der Waals surface area contributed by atoms with Crippen LogP contribution in [0.1, 0.15) is 32.8 Å². The highest BCUT2D eigenvalue weighted by molar-refractivity contribution is 5.94. The van der Waals surface area contributed by atoms with Crippen molar-refractivity contribution in [3.8, 4) is 0 Å². The van der Waals surface area contributed by atoms with Gasteiger partial charge in [0, 0.05) is 12.5 Å². The van der Waals surface area contributed by atoms with Crippen LogP contribution in [0.2, 0.25) is 0 Å². The van der Waals surface area contributed by atoms with Gasteiger partial charge >= 0.3 is 0 Å². The normalized spacial score (nSPS) is 15.2. The summed E-state index contributed by atoms with van der Waals surface area (Å²) in [4.78, 5) is 37.5. The number of nitrogens with two attached hydrogens (primary N) is 2. The average molecular weight is 423 g/mol. The molecule has 0 unspecified atom stereocenters. The van der Waals surface area contributed by atoms with Gasteiger partial charge in [-0.1, -0.05) is 44.2 Å². The predicted octanol–water partition coefficient (Wildman–Crippen LogP) is -0.545. The minimum Gasteiger partial charge on any atom is -0.391 e. The first-order chi connectivity index (χ1) is 14.2. The van der Waals surface area contributed by atoms with Gasteiger partial charge in [-0.05, 0) is 25.5 Å². The first kappa shape index (κ1) is 25.7. The molecule has 0 aliphatic heterocycles. The minimum atomic E-state index is -1.27. The van der Waals surface area contributed by atoms with Crippen LogP contribution in [0, 0.1) is 5.92 Å². The summed E-state index contributed by atoms with van der Waals surface area (Å²) in [6.07, 6.45) is -1.94. The minimum absolute atomic E-state index is 0.103. The molecule has 1 aromatic carbocycles. The van der Waals surface area contributed by atoms with Crippen molar-refractivity contribution in [3.63, 3.8) is 0 Å². The maximum atomic E-state index is 12.7. The fraction of sp³-hybridized carbons (Fsp3) is 0.571. The largest absolute Gasteiger partial charge is 0.391 e. The molecule has 0 heterocycles. The summed E-state index contributed by atoms with van der Waals surface area (Å²) in [6.45, 7) is 5.09. The van der Waals surface area contributed by atoms with Crippen molar-refractivity contribution in [2.75, 3.05) is 13.1 Å². The smallest absolute Gasteiger partial charge is 0.251 e. The van der Waals surface area contributed by atoms with E-state index >= 15 is 0 Å². The van der Waals surface area contributed by atoms with Gasteiger partial charge < -0.3 is 31.9 Å². The Morgan fingerprint density at radius 1 is 1.03 bits per heavy atom. The Morgan fingerprint density at radius 3 is 2.17 bits per heavy atom. The molecule has 9 heteroatoms. The maximum absolute atomic E-state index is 12.7. The summed E-state index contributed by atoms with van der Waals surface area (Å²) in [5, 5.41) is 15.1. The van der Waals surface area contributed by atoms with Crippen LogP contribution < -0.4 is 22.1 Å². The Kier molecular flexibility index (Phi) is 11.2. The van der Waals surface area contributed by atoms with Gasteiger partial charge in [0.1, 0.15) is 12.1 Å². The number of rotatable bonds is 13. The highest BCUT2D eigenvalue weighted by Crippen LogP contribution is 2.07. The highest BCUT2D eigenvalue weighted by atomic mass is 16.5. The molecular formula is C21H34N4O5. The molecule has 0 radical (unpaired) electrons. The standard InChI is InChI=1S/C21H34N4O5/c1-13(2)19(27)16(9-10-22)24-21(29)18(14(3)26)25-20(28)17(11-23)30-12-15-7-5-4-6-8-15/h4-8,13-14,16-18,26H,9-12,22-23H2,1-3H3,(H,24,29)(H,25,28)/t14-,16-,17-,18-/m0/s1. The number of Topliss-reactive ketones (excluding diaryl/α,β-unsaturated/α-hetero) is 1. The van der Waals surface area contributed by atoms with Crippen molar-refractivity contribution in [1.29, 1.82) is 0 Å². The number of hydrogen-bond acceptors (Lipinski definition) is 7.